The van der Waals surface area contributed by atoms with Gasteiger partial charge in [-0.2, -0.15) is 5.10 Å². The molecule has 1 atom stereocenters. The first kappa shape index (κ1) is 11.4. The van der Waals surface area contributed by atoms with Gasteiger partial charge in [-0.05, 0) is 24.1 Å². The van der Waals surface area contributed by atoms with Crippen LogP contribution in [0.25, 0.3) is 10.2 Å². The van der Waals surface area contributed by atoms with Crippen LogP contribution in [0.15, 0.2) is 36.7 Å². The van der Waals surface area contributed by atoms with E-state index in [1.54, 1.807) is 16.0 Å². The molecule has 0 aliphatic carbocycles. The molecule has 2 N–H and O–H groups in total. The molecule has 1 unspecified atom stereocenters. The highest BCUT2D eigenvalue weighted by Gasteiger charge is 2.13. The second kappa shape index (κ2) is 4.51. The van der Waals surface area contributed by atoms with Gasteiger partial charge in [-0.1, -0.05) is 12.1 Å². The monoisotopic (exact) mass is 258 g/mol. The fourth-order valence-corrected chi connectivity index (χ4v) is 2.94. The minimum atomic E-state index is -0.0633. The number of hydrogen-bond acceptors (Lipinski definition) is 4. The molecule has 2 aromatic heterocycles. The Kier molecular flexibility index (Phi) is 2.85. The summed E-state index contributed by atoms with van der Waals surface area (Å²) >= 11 is 1.67. The molecule has 1 aromatic carbocycles. The third-order valence-corrected chi connectivity index (χ3v) is 4.01. The summed E-state index contributed by atoms with van der Waals surface area (Å²) in [7, 11) is 1.91. The van der Waals surface area contributed by atoms with Gasteiger partial charge in [0.15, 0.2) is 0 Å². The van der Waals surface area contributed by atoms with Crippen molar-refractivity contribution in [1.29, 1.82) is 0 Å². The number of nitrogens with zero attached hydrogens (tertiary/aromatic N) is 3. The van der Waals surface area contributed by atoms with Crippen molar-refractivity contribution in [3.05, 3.63) is 47.2 Å². The van der Waals surface area contributed by atoms with Crippen molar-refractivity contribution in [2.45, 2.75) is 12.5 Å². The quantitative estimate of drug-likeness (QED) is 0.784. The zero-order valence-electron chi connectivity index (χ0n) is 10.1. The average Bonchev–Trinajstić information content (AvgIpc) is 2.95. The van der Waals surface area contributed by atoms with Gasteiger partial charge in [0.2, 0.25) is 0 Å². The molecule has 5 heteroatoms. The first-order valence-electron chi connectivity index (χ1n) is 5.81. The van der Waals surface area contributed by atoms with Gasteiger partial charge in [0.05, 0.1) is 22.5 Å². The predicted octanol–water partition coefficient (Wildman–Crippen LogP) is 2.27. The molecule has 3 aromatic rings. The maximum Gasteiger partial charge on any atom is 0.111 e. The van der Waals surface area contributed by atoms with Gasteiger partial charge in [-0.3, -0.25) is 4.68 Å². The zero-order chi connectivity index (χ0) is 12.5. The maximum absolute atomic E-state index is 6.21. The molecule has 0 saturated carbocycles. The summed E-state index contributed by atoms with van der Waals surface area (Å²) in [5.41, 5.74) is 8.38. The average molecular weight is 258 g/mol. The molecule has 92 valence electrons. The predicted molar refractivity (Wildman–Crippen MR) is 73.5 cm³/mol. The van der Waals surface area contributed by atoms with E-state index in [1.165, 1.54) is 4.70 Å². The second-order valence-electron chi connectivity index (χ2n) is 4.35. The van der Waals surface area contributed by atoms with Crippen molar-refractivity contribution in [1.82, 2.24) is 14.8 Å². The minimum absolute atomic E-state index is 0.0633. The largest absolute Gasteiger partial charge is 0.322 e. The van der Waals surface area contributed by atoms with Gasteiger partial charge >= 0.3 is 0 Å². The molecule has 0 aliphatic heterocycles. The Morgan fingerprint density at radius 3 is 2.94 bits per heavy atom. The maximum atomic E-state index is 6.21. The Morgan fingerprint density at radius 1 is 1.39 bits per heavy atom. The first-order chi connectivity index (χ1) is 8.72. The number of para-hydroxylation sites is 1. The van der Waals surface area contributed by atoms with Crippen LogP contribution < -0.4 is 5.73 Å². The number of thiazole rings is 1. The van der Waals surface area contributed by atoms with Crippen molar-refractivity contribution in [2.75, 3.05) is 0 Å². The fraction of sp³-hybridized carbons (Fsp3) is 0.231. The van der Waals surface area contributed by atoms with E-state index in [9.17, 15) is 0 Å². The SMILES string of the molecule is Cn1cc(CC(N)c2nc3ccccc3s2)cn1. The van der Waals surface area contributed by atoms with Crippen LogP contribution in [-0.2, 0) is 13.5 Å². The van der Waals surface area contributed by atoms with Crippen molar-refractivity contribution >= 4 is 21.6 Å². The number of benzene rings is 1. The van der Waals surface area contributed by atoms with Gasteiger partial charge in [-0.25, -0.2) is 4.98 Å². The topological polar surface area (TPSA) is 56.7 Å². The lowest BCUT2D eigenvalue weighted by Gasteiger charge is -2.05. The molecule has 0 radical (unpaired) electrons. The first-order valence-corrected chi connectivity index (χ1v) is 6.62. The van der Waals surface area contributed by atoms with Crippen molar-refractivity contribution in [2.24, 2.45) is 12.8 Å². The molecule has 0 fully saturated rings. The summed E-state index contributed by atoms with van der Waals surface area (Å²) in [6.07, 6.45) is 4.62. The van der Waals surface area contributed by atoms with Crippen LogP contribution in [0.5, 0.6) is 0 Å². The molecule has 18 heavy (non-hydrogen) atoms. The summed E-state index contributed by atoms with van der Waals surface area (Å²) in [4.78, 5) is 4.58. The Balaban J connectivity index is 1.85. The number of fused-ring (bicyclic) bond motifs is 1. The Labute approximate surface area is 109 Å². The van der Waals surface area contributed by atoms with Gasteiger partial charge in [0.25, 0.3) is 0 Å². The molecule has 0 aliphatic rings. The standard InChI is InChI=1S/C13H14N4S/c1-17-8-9(7-15-17)6-10(14)13-16-11-4-2-3-5-12(11)18-13/h2-5,7-8,10H,6,14H2,1H3. The van der Waals surface area contributed by atoms with Gasteiger partial charge in [0, 0.05) is 13.2 Å². The van der Waals surface area contributed by atoms with E-state index in [1.807, 2.05) is 37.6 Å². The van der Waals surface area contributed by atoms with E-state index < -0.39 is 0 Å². The van der Waals surface area contributed by atoms with Crippen LogP contribution in [0, 0.1) is 0 Å². The molecule has 0 spiro atoms. The molecule has 2 heterocycles. The molecule has 0 bridgehead atoms. The second-order valence-corrected chi connectivity index (χ2v) is 5.41. The normalized spacial score (nSPS) is 13.0. The molecule has 4 nitrogen and oxygen atoms in total. The van der Waals surface area contributed by atoms with Crippen molar-refractivity contribution in [3.63, 3.8) is 0 Å². The Morgan fingerprint density at radius 2 is 2.22 bits per heavy atom. The summed E-state index contributed by atoms with van der Waals surface area (Å²) < 4.78 is 2.98. The van der Waals surface area contributed by atoms with E-state index in [-0.39, 0.29) is 6.04 Å². The zero-order valence-corrected chi connectivity index (χ0v) is 10.9. The molecule has 3 rings (SSSR count). The van der Waals surface area contributed by atoms with Crippen molar-refractivity contribution in [3.8, 4) is 0 Å². The lowest BCUT2D eigenvalue weighted by molar-refractivity contribution is 0.715. The van der Waals surface area contributed by atoms with E-state index in [4.69, 9.17) is 5.73 Å². The summed E-state index contributed by atoms with van der Waals surface area (Å²) in [5, 5.41) is 5.14. The van der Waals surface area contributed by atoms with Crippen LogP contribution in [0.2, 0.25) is 0 Å². The summed E-state index contributed by atoms with van der Waals surface area (Å²) in [6.45, 7) is 0. The van der Waals surface area contributed by atoms with Crippen LogP contribution in [-0.4, -0.2) is 14.8 Å². The molecular weight excluding hydrogens is 244 g/mol. The number of rotatable bonds is 3. The molecule has 0 saturated heterocycles. The number of nitrogens with two attached hydrogens (primary N) is 1. The van der Waals surface area contributed by atoms with E-state index >= 15 is 0 Å². The third-order valence-electron chi connectivity index (χ3n) is 2.84. The third kappa shape index (κ3) is 2.14. The van der Waals surface area contributed by atoms with Gasteiger partial charge in [0.1, 0.15) is 5.01 Å². The van der Waals surface area contributed by atoms with Crippen LogP contribution >= 0.6 is 11.3 Å². The van der Waals surface area contributed by atoms with Crippen LogP contribution in [0.3, 0.4) is 0 Å². The Hall–Kier alpha value is -1.72. The highest BCUT2D eigenvalue weighted by molar-refractivity contribution is 7.18. The lowest BCUT2D eigenvalue weighted by Crippen LogP contribution is -2.12. The fourth-order valence-electron chi connectivity index (χ4n) is 1.97. The molecular formula is C13H14N4S. The smallest absolute Gasteiger partial charge is 0.111 e. The molecule has 0 amide bonds. The highest BCUT2D eigenvalue weighted by Crippen LogP contribution is 2.26. The Bertz CT molecular complexity index is 637. The number of hydrogen-bond donors (Lipinski definition) is 1. The number of aromatic nitrogens is 3. The van der Waals surface area contributed by atoms with E-state index in [2.05, 4.69) is 16.1 Å². The lowest BCUT2D eigenvalue weighted by atomic mass is 10.1. The van der Waals surface area contributed by atoms with Gasteiger partial charge < -0.3 is 5.73 Å². The van der Waals surface area contributed by atoms with Crippen LogP contribution in [0.1, 0.15) is 16.6 Å². The van der Waals surface area contributed by atoms with E-state index in [0.717, 1.165) is 22.5 Å². The highest BCUT2D eigenvalue weighted by atomic mass is 32.1. The van der Waals surface area contributed by atoms with E-state index in [0.29, 0.717) is 0 Å². The van der Waals surface area contributed by atoms with Gasteiger partial charge in [-0.15, -0.1) is 11.3 Å². The summed E-state index contributed by atoms with van der Waals surface area (Å²) in [6, 6.07) is 8.06. The number of aryl methyl sites for hydroxylation is 1. The minimum Gasteiger partial charge on any atom is -0.322 e. The van der Waals surface area contributed by atoms with Crippen molar-refractivity contribution < 1.29 is 0 Å². The summed E-state index contributed by atoms with van der Waals surface area (Å²) in [5.74, 6) is 0. The van der Waals surface area contributed by atoms with Crippen LogP contribution in [0.4, 0.5) is 0 Å².